The average molecular weight is 339 g/mol. The predicted octanol–water partition coefficient (Wildman–Crippen LogP) is 4.78. The van der Waals surface area contributed by atoms with Crippen LogP contribution in [0.1, 0.15) is 34.6 Å². The predicted molar refractivity (Wildman–Crippen MR) is 108 cm³/mol. The van der Waals surface area contributed by atoms with E-state index in [-0.39, 0.29) is 5.04 Å². The molecule has 0 bridgehead atoms. The van der Waals surface area contributed by atoms with Gasteiger partial charge in [0.15, 0.2) is 0 Å². The molecule has 0 fully saturated rings. The van der Waals surface area contributed by atoms with Crippen LogP contribution in [0.2, 0.25) is 5.04 Å². The van der Waals surface area contributed by atoms with Gasteiger partial charge in [-0.25, -0.2) is 0 Å². The summed E-state index contributed by atoms with van der Waals surface area (Å²) >= 11 is 0. The molecular formula is C22H30OSi. The zero-order valence-corrected chi connectivity index (χ0v) is 16.6. The van der Waals surface area contributed by atoms with E-state index < -0.39 is 8.32 Å². The lowest BCUT2D eigenvalue weighted by Gasteiger charge is -2.43. The van der Waals surface area contributed by atoms with Crippen LogP contribution in [0.25, 0.3) is 0 Å². The van der Waals surface area contributed by atoms with Gasteiger partial charge in [-0.3, -0.25) is 0 Å². The minimum atomic E-state index is -2.38. The monoisotopic (exact) mass is 338 g/mol. The quantitative estimate of drug-likeness (QED) is 0.544. The molecule has 0 aliphatic heterocycles. The van der Waals surface area contributed by atoms with E-state index in [9.17, 15) is 0 Å². The summed E-state index contributed by atoms with van der Waals surface area (Å²) in [4.78, 5) is 0. The Labute approximate surface area is 148 Å². The fourth-order valence-corrected chi connectivity index (χ4v) is 8.07. The second-order valence-corrected chi connectivity index (χ2v) is 11.8. The summed E-state index contributed by atoms with van der Waals surface area (Å²) in [7, 11) is -2.38. The molecule has 0 heterocycles. The first-order chi connectivity index (χ1) is 11.4. The zero-order chi connectivity index (χ0) is 17.6. The molecule has 128 valence electrons. The fraction of sp³-hybridized carbons (Fsp3) is 0.364. The second kappa shape index (κ2) is 7.95. The molecule has 0 aliphatic carbocycles. The van der Waals surface area contributed by atoms with E-state index in [0.717, 1.165) is 6.61 Å². The zero-order valence-electron chi connectivity index (χ0n) is 15.6. The molecular weight excluding hydrogens is 308 g/mol. The summed E-state index contributed by atoms with van der Waals surface area (Å²) in [6.45, 7) is 12.0. The van der Waals surface area contributed by atoms with Crippen molar-refractivity contribution >= 4 is 18.7 Å². The highest BCUT2D eigenvalue weighted by molar-refractivity contribution is 6.99. The lowest BCUT2D eigenvalue weighted by molar-refractivity contribution is 0.268. The van der Waals surface area contributed by atoms with Crippen LogP contribution in [-0.2, 0) is 4.43 Å². The third kappa shape index (κ3) is 3.88. The lowest BCUT2D eigenvalue weighted by atomic mass is 10.2. The third-order valence-electron chi connectivity index (χ3n) is 4.50. The van der Waals surface area contributed by atoms with Crippen LogP contribution in [0.3, 0.4) is 0 Å². The second-order valence-electron chi connectivity index (χ2n) is 7.48. The summed E-state index contributed by atoms with van der Waals surface area (Å²) in [5.74, 6) is 0.414. The molecule has 1 atom stereocenters. The van der Waals surface area contributed by atoms with Crippen molar-refractivity contribution in [3.8, 4) is 0 Å². The molecule has 2 rings (SSSR count). The maximum absolute atomic E-state index is 6.87. The van der Waals surface area contributed by atoms with Gasteiger partial charge in [0.2, 0.25) is 0 Å². The van der Waals surface area contributed by atoms with Crippen LogP contribution in [-0.4, -0.2) is 14.9 Å². The molecule has 24 heavy (non-hydrogen) atoms. The van der Waals surface area contributed by atoms with Gasteiger partial charge in [0.1, 0.15) is 0 Å². The van der Waals surface area contributed by atoms with Gasteiger partial charge in [-0.2, -0.15) is 0 Å². The average Bonchev–Trinajstić information content (AvgIpc) is 2.56. The first-order valence-corrected chi connectivity index (χ1v) is 10.7. The number of rotatable bonds is 6. The maximum Gasteiger partial charge on any atom is 0.261 e. The molecule has 0 amide bonds. The van der Waals surface area contributed by atoms with Crippen molar-refractivity contribution in [2.75, 3.05) is 6.61 Å². The molecule has 0 aromatic heterocycles. The Kier molecular flexibility index (Phi) is 6.19. The summed E-state index contributed by atoms with van der Waals surface area (Å²) in [6, 6.07) is 21.6. The van der Waals surface area contributed by atoms with Gasteiger partial charge in [-0.1, -0.05) is 101 Å². The Morgan fingerprint density at radius 1 is 0.917 bits per heavy atom. The van der Waals surface area contributed by atoms with Gasteiger partial charge in [-0.15, -0.1) is 0 Å². The molecule has 0 N–H and O–H groups in total. The van der Waals surface area contributed by atoms with Crippen molar-refractivity contribution in [3.63, 3.8) is 0 Å². The van der Waals surface area contributed by atoms with E-state index in [1.54, 1.807) is 0 Å². The summed E-state index contributed by atoms with van der Waals surface area (Å²) in [5, 5.41) is 2.73. The van der Waals surface area contributed by atoms with Crippen molar-refractivity contribution in [2.24, 2.45) is 5.92 Å². The van der Waals surface area contributed by atoms with Gasteiger partial charge in [-0.05, 0) is 28.3 Å². The minimum Gasteiger partial charge on any atom is -0.407 e. The van der Waals surface area contributed by atoms with Gasteiger partial charge in [0.05, 0.1) is 0 Å². The fourth-order valence-electron chi connectivity index (χ4n) is 3.40. The normalized spacial score (nSPS) is 14.0. The molecule has 0 saturated heterocycles. The number of hydrogen-bond acceptors (Lipinski definition) is 1. The molecule has 1 unspecified atom stereocenters. The van der Waals surface area contributed by atoms with E-state index in [0.29, 0.717) is 5.92 Å². The van der Waals surface area contributed by atoms with Crippen LogP contribution in [0.15, 0.2) is 72.8 Å². The highest BCUT2D eigenvalue weighted by Gasteiger charge is 2.50. The Morgan fingerprint density at radius 2 is 1.38 bits per heavy atom. The number of allylic oxidation sites excluding steroid dienone is 1. The SMILES string of the molecule is CC=CC(C)CO[Si](c1ccccc1)(c1ccccc1)C(C)(C)C. The first kappa shape index (κ1) is 18.7. The topological polar surface area (TPSA) is 9.23 Å². The Balaban J connectivity index is 2.57. The molecule has 0 aliphatic rings. The van der Waals surface area contributed by atoms with Crippen molar-refractivity contribution in [1.29, 1.82) is 0 Å². The first-order valence-electron chi connectivity index (χ1n) is 8.79. The highest BCUT2D eigenvalue weighted by Crippen LogP contribution is 2.37. The van der Waals surface area contributed by atoms with Crippen LogP contribution >= 0.6 is 0 Å². The van der Waals surface area contributed by atoms with Crippen molar-refractivity contribution in [3.05, 3.63) is 72.8 Å². The molecule has 0 spiro atoms. The van der Waals surface area contributed by atoms with Gasteiger partial charge in [0.25, 0.3) is 8.32 Å². The van der Waals surface area contributed by atoms with Gasteiger partial charge < -0.3 is 4.43 Å². The van der Waals surface area contributed by atoms with Gasteiger partial charge in [0, 0.05) is 6.61 Å². The smallest absolute Gasteiger partial charge is 0.261 e. The van der Waals surface area contributed by atoms with E-state index in [1.165, 1.54) is 10.4 Å². The van der Waals surface area contributed by atoms with Crippen LogP contribution in [0.4, 0.5) is 0 Å². The Hall–Kier alpha value is -1.64. The summed E-state index contributed by atoms with van der Waals surface area (Å²) < 4.78 is 6.87. The third-order valence-corrected chi connectivity index (χ3v) is 9.51. The summed E-state index contributed by atoms with van der Waals surface area (Å²) in [5.41, 5.74) is 0. The van der Waals surface area contributed by atoms with Crippen molar-refractivity contribution in [1.82, 2.24) is 0 Å². The van der Waals surface area contributed by atoms with Crippen LogP contribution in [0, 0.1) is 5.92 Å². The minimum absolute atomic E-state index is 0.0470. The summed E-state index contributed by atoms with van der Waals surface area (Å²) in [6.07, 6.45) is 4.33. The molecule has 0 radical (unpaired) electrons. The molecule has 1 nitrogen and oxygen atoms in total. The largest absolute Gasteiger partial charge is 0.407 e. The van der Waals surface area contributed by atoms with Crippen LogP contribution < -0.4 is 10.4 Å². The molecule has 2 heteroatoms. The van der Waals surface area contributed by atoms with E-state index in [1.807, 2.05) is 0 Å². The Morgan fingerprint density at radius 3 is 1.75 bits per heavy atom. The molecule has 2 aromatic carbocycles. The van der Waals surface area contributed by atoms with E-state index >= 15 is 0 Å². The Bertz CT molecular complexity index is 601. The van der Waals surface area contributed by atoms with E-state index in [4.69, 9.17) is 4.43 Å². The molecule has 2 aromatic rings. The lowest BCUT2D eigenvalue weighted by Crippen LogP contribution is -2.66. The van der Waals surface area contributed by atoms with Crippen molar-refractivity contribution in [2.45, 2.75) is 39.7 Å². The standard InChI is InChI=1S/C22H30OSi/c1-6-13-19(2)18-23-24(22(3,4)5,20-14-9-7-10-15-20)21-16-11-8-12-17-21/h6-17,19H,18H2,1-5H3. The highest BCUT2D eigenvalue weighted by atomic mass is 28.4. The number of benzene rings is 2. The maximum atomic E-state index is 6.87. The molecule has 0 saturated carbocycles. The van der Waals surface area contributed by atoms with E-state index in [2.05, 4.69) is 107 Å². The van der Waals surface area contributed by atoms with Gasteiger partial charge >= 0.3 is 0 Å². The number of hydrogen-bond donors (Lipinski definition) is 0. The van der Waals surface area contributed by atoms with Crippen molar-refractivity contribution < 1.29 is 4.43 Å². The van der Waals surface area contributed by atoms with Crippen LogP contribution in [0.5, 0.6) is 0 Å².